The van der Waals surface area contributed by atoms with Gasteiger partial charge in [-0.05, 0) is 54.6 Å². The Labute approximate surface area is 192 Å². The summed E-state index contributed by atoms with van der Waals surface area (Å²) in [6.07, 6.45) is 5.37. The first-order valence-corrected chi connectivity index (χ1v) is 10.1. The van der Waals surface area contributed by atoms with Gasteiger partial charge < -0.3 is 20.3 Å². The molecule has 0 aliphatic rings. The molecule has 3 aromatic rings. The van der Waals surface area contributed by atoms with Crippen molar-refractivity contribution in [3.05, 3.63) is 89.0 Å². The van der Waals surface area contributed by atoms with E-state index in [0.29, 0.717) is 39.7 Å². The summed E-state index contributed by atoms with van der Waals surface area (Å²) in [6.45, 7) is 0. The molecule has 0 unspecified atom stereocenters. The molecule has 7 nitrogen and oxygen atoms in total. The van der Waals surface area contributed by atoms with Gasteiger partial charge >= 0.3 is 0 Å². The van der Waals surface area contributed by atoms with Crippen LogP contribution >= 0.6 is 0 Å². The normalized spacial score (nSPS) is 10.0. The largest absolute Gasteiger partial charge is 0.497 e. The van der Waals surface area contributed by atoms with Gasteiger partial charge in [-0.15, -0.1) is 6.42 Å². The molecule has 0 fully saturated rings. The van der Waals surface area contributed by atoms with Crippen LogP contribution in [0.4, 0.5) is 11.4 Å². The fraction of sp³-hybridized carbons (Fsp3) is 0.115. The second-order valence-corrected chi connectivity index (χ2v) is 7.36. The number of amidine groups is 1. The van der Waals surface area contributed by atoms with Crippen molar-refractivity contribution in [1.29, 1.82) is 5.41 Å². The number of amides is 2. The minimum atomic E-state index is -0.410. The van der Waals surface area contributed by atoms with Crippen molar-refractivity contribution in [3.63, 3.8) is 0 Å². The van der Waals surface area contributed by atoms with Crippen LogP contribution in [0.2, 0.25) is 0 Å². The highest BCUT2D eigenvalue weighted by Gasteiger charge is 2.17. The Hall–Kier alpha value is -4.57. The highest BCUT2D eigenvalue weighted by Crippen LogP contribution is 2.24. The Balaban J connectivity index is 1.82. The molecule has 3 rings (SSSR count). The maximum Gasteiger partial charge on any atom is 0.257 e. The number of carbonyl (C=O) groups excluding carboxylic acids is 2. The Morgan fingerprint density at radius 2 is 1.55 bits per heavy atom. The van der Waals surface area contributed by atoms with Crippen LogP contribution in [0.15, 0.2) is 66.7 Å². The fourth-order valence-corrected chi connectivity index (χ4v) is 3.03. The Bertz CT molecular complexity index is 1220. The van der Waals surface area contributed by atoms with Crippen LogP contribution in [0.3, 0.4) is 0 Å². The molecule has 0 bridgehead atoms. The summed E-state index contributed by atoms with van der Waals surface area (Å²) in [7, 11) is 5.06. The average Bonchev–Trinajstić information content (AvgIpc) is 2.84. The number of nitrogens with zero attached hydrogens (tertiary/aromatic N) is 1. The van der Waals surface area contributed by atoms with Gasteiger partial charge in [-0.25, -0.2) is 0 Å². The molecule has 0 spiro atoms. The van der Waals surface area contributed by atoms with Gasteiger partial charge in [0.15, 0.2) is 0 Å². The van der Waals surface area contributed by atoms with Gasteiger partial charge in [-0.3, -0.25) is 15.0 Å². The zero-order valence-electron chi connectivity index (χ0n) is 18.6. The van der Waals surface area contributed by atoms with E-state index in [2.05, 4.69) is 16.6 Å². The topological polar surface area (TPSA) is 94.5 Å². The molecule has 0 aliphatic carbocycles. The van der Waals surface area contributed by atoms with Crippen molar-refractivity contribution in [3.8, 4) is 18.1 Å². The molecule has 3 N–H and O–H groups in total. The molecule has 0 radical (unpaired) electrons. The van der Waals surface area contributed by atoms with Crippen molar-refractivity contribution in [1.82, 2.24) is 4.90 Å². The number of nitrogens with one attached hydrogen (secondary N) is 3. The zero-order valence-corrected chi connectivity index (χ0v) is 18.6. The Morgan fingerprint density at radius 3 is 2.12 bits per heavy atom. The number of ether oxygens (including phenoxy) is 1. The lowest BCUT2D eigenvalue weighted by Gasteiger charge is -2.15. The van der Waals surface area contributed by atoms with Gasteiger partial charge in [0, 0.05) is 36.5 Å². The van der Waals surface area contributed by atoms with Crippen LogP contribution in [0, 0.1) is 17.8 Å². The lowest BCUT2D eigenvalue weighted by atomic mass is 10.1. The summed E-state index contributed by atoms with van der Waals surface area (Å²) in [4.78, 5) is 27.5. The van der Waals surface area contributed by atoms with Gasteiger partial charge in [-0.1, -0.05) is 18.1 Å². The monoisotopic (exact) mass is 440 g/mol. The minimum Gasteiger partial charge on any atom is -0.497 e. The summed E-state index contributed by atoms with van der Waals surface area (Å²) >= 11 is 0. The SMILES string of the molecule is C#Cc1ccc(NC(=O)c2cc(OC)ccc2NC(=O)c2ccc(C(=N)N(C)C)cc2)cc1. The van der Waals surface area contributed by atoms with E-state index < -0.39 is 5.91 Å². The van der Waals surface area contributed by atoms with Crippen LogP contribution in [-0.2, 0) is 0 Å². The number of rotatable bonds is 6. The molecule has 7 heteroatoms. The van der Waals surface area contributed by atoms with Crippen LogP contribution in [0.1, 0.15) is 31.8 Å². The van der Waals surface area contributed by atoms with E-state index in [-0.39, 0.29) is 11.5 Å². The number of hydrogen-bond donors (Lipinski definition) is 3. The van der Waals surface area contributed by atoms with E-state index in [4.69, 9.17) is 16.6 Å². The van der Waals surface area contributed by atoms with E-state index in [1.165, 1.54) is 7.11 Å². The van der Waals surface area contributed by atoms with Gasteiger partial charge in [0.25, 0.3) is 11.8 Å². The molecule has 166 valence electrons. The van der Waals surface area contributed by atoms with Crippen LogP contribution in [0.5, 0.6) is 5.75 Å². The highest BCUT2D eigenvalue weighted by molar-refractivity contribution is 6.13. The lowest BCUT2D eigenvalue weighted by molar-refractivity contribution is 0.102. The maximum atomic E-state index is 13.0. The summed E-state index contributed by atoms with van der Waals surface area (Å²) in [5, 5.41) is 13.6. The standard InChI is InChI=1S/C26H24N4O3/c1-5-17-6-12-20(13-7-17)28-26(32)22-16-21(33-4)14-15-23(22)29-25(31)19-10-8-18(9-11-19)24(27)30(2)3/h1,6-16,27H,2-4H3,(H,28,32)(H,29,31). The van der Waals surface area contributed by atoms with Crippen LogP contribution < -0.4 is 15.4 Å². The minimum absolute atomic E-state index is 0.245. The van der Waals surface area contributed by atoms with Crippen molar-refractivity contribution in [2.24, 2.45) is 0 Å². The summed E-state index contributed by atoms with van der Waals surface area (Å²) in [5.74, 6) is 2.55. The first-order valence-electron chi connectivity index (χ1n) is 10.1. The number of carbonyl (C=O) groups is 2. The van der Waals surface area contributed by atoms with Crippen molar-refractivity contribution < 1.29 is 14.3 Å². The fourth-order valence-electron chi connectivity index (χ4n) is 3.03. The molecule has 0 aliphatic heterocycles. The molecule has 0 atom stereocenters. The van der Waals surface area contributed by atoms with Crippen molar-refractivity contribution in [2.45, 2.75) is 0 Å². The summed E-state index contributed by atoms with van der Waals surface area (Å²) < 4.78 is 5.25. The maximum absolute atomic E-state index is 13.0. The van der Waals surface area contributed by atoms with Gasteiger partial charge in [0.2, 0.25) is 0 Å². The Morgan fingerprint density at radius 1 is 0.909 bits per heavy atom. The molecular weight excluding hydrogens is 416 g/mol. The van der Waals surface area contributed by atoms with Crippen LogP contribution in [0.25, 0.3) is 0 Å². The zero-order chi connectivity index (χ0) is 24.0. The second-order valence-electron chi connectivity index (χ2n) is 7.36. The van der Waals surface area contributed by atoms with Gasteiger partial charge in [0.1, 0.15) is 11.6 Å². The third kappa shape index (κ3) is 5.57. The smallest absolute Gasteiger partial charge is 0.257 e. The average molecular weight is 441 g/mol. The number of anilines is 2. The van der Waals surface area contributed by atoms with E-state index >= 15 is 0 Å². The summed E-state index contributed by atoms with van der Waals surface area (Å²) in [5.41, 5.74) is 2.94. The molecular formula is C26H24N4O3. The van der Waals surface area contributed by atoms with E-state index in [1.807, 2.05) is 0 Å². The third-order valence-corrected chi connectivity index (χ3v) is 4.90. The highest BCUT2D eigenvalue weighted by atomic mass is 16.5. The second kappa shape index (κ2) is 10.2. The number of benzene rings is 3. The third-order valence-electron chi connectivity index (χ3n) is 4.90. The first kappa shape index (κ1) is 23.1. The van der Waals surface area contributed by atoms with E-state index in [1.54, 1.807) is 85.7 Å². The number of methoxy groups -OCH3 is 1. The van der Waals surface area contributed by atoms with Gasteiger partial charge in [0.05, 0.1) is 18.4 Å². The molecule has 2 amide bonds. The summed E-state index contributed by atoms with van der Waals surface area (Å²) in [6, 6.07) is 18.4. The molecule has 0 heterocycles. The molecule has 33 heavy (non-hydrogen) atoms. The quantitative estimate of drug-likeness (QED) is 0.306. The first-order chi connectivity index (χ1) is 15.8. The molecule has 0 saturated carbocycles. The van der Waals surface area contributed by atoms with Crippen molar-refractivity contribution in [2.75, 3.05) is 31.8 Å². The molecule has 0 saturated heterocycles. The van der Waals surface area contributed by atoms with E-state index in [0.717, 1.165) is 0 Å². The lowest BCUT2D eigenvalue weighted by Crippen LogP contribution is -2.22. The molecule has 0 aromatic heterocycles. The molecule has 3 aromatic carbocycles. The predicted molar refractivity (Wildman–Crippen MR) is 130 cm³/mol. The number of hydrogen-bond acceptors (Lipinski definition) is 4. The van der Waals surface area contributed by atoms with Crippen LogP contribution in [-0.4, -0.2) is 43.8 Å². The number of terminal acetylenes is 1. The predicted octanol–water partition coefficient (Wildman–Crippen LogP) is 4.07. The van der Waals surface area contributed by atoms with E-state index in [9.17, 15) is 9.59 Å². The Kier molecular flexibility index (Phi) is 7.11. The van der Waals surface area contributed by atoms with Gasteiger partial charge in [-0.2, -0.15) is 0 Å². The van der Waals surface area contributed by atoms with Crippen molar-refractivity contribution >= 4 is 29.0 Å².